The van der Waals surface area contributed by atoms with Crippen molar-refractivity contribution < 1.29 is 4.42 Å². The van der Waals surface area contributed by atoms with Gasteiger partial charge in [0.1, 0.15) is 11.2 Å². The molecule has 7 rings (SSSR count). The van der Waals surface area contributed by atoms with Crippen LogP contribution in [0.5, 0.6) is 0 Å². The van der Waals surface area contributed by atoms with E-state index in [2.05, 4.69) is 112 Å². The largest absolute Gasteiger partial charge is 0.456 e. The number of pyridine rings is 1. The zero-order valence-electron chi connectivity index (χ0n) is 21.5. The zero-order chi connectivity index (χ0) is 25.3. The van der Waals surface area contributed by atoms with E-state index in [1.807, 2.05) is 12.3 Å². The number of hydrogen-bond acceptors (Lipinski definition) is 3. The number of hydrogen-bond donors (Lipinski definition) is 1. The van der Waals surface area contributed by atoms with Gasteiger partial charge in [0.25, 0.3) is 0 Å². The molecule has 1 aliphatic heterocycles. The lowest BCUT2D eigenvalue weighted by Crippen LogP contribution is -2.11. The van der Waals surface area contributed by atoms with Gasteiger partial charge in [0.2, 0.25) is 0 Å². The second kappa shape index (κ2) is 7.81. The van der Waals surface area contributed by atoms with Gasteiger partial charge in [-0.25, -0.2) is 0 Å². The summed E-state index contributed by atoms with van der Waals surface area (Å²) in [5, 5.41) is 6.05. The zero-order valence-corrected chi connectivity index (χ0v) is 21.5. The van der Waals surface area contributed by atoms with Gasteiger partial charge in [-0.2, -0.15) is 0 Å². The summed E-state index contributed by atoms with van der Waals surface area (Å²) in [5.74, 6) is 0. The highest BCUT2D eigenvalue weighted by Gasteiger charge is 2.24. The first-order valence-corrected chi connectivity index (χ1v) is 12.8. The Morgan fingerprint density at radius 1 is 0.730 bits per heavy atom. The molecule has 3 heteroatoms. The van der Waals surface area contributed by atoms with Crippen LogP contribution in [0.15, 0.2) is 95.5 Å². The minimum atomic E-state index is 0.0549. The van der Waals surface area contributed by atoms with Crippen molar-refractivity contribution in [2.45, 2.75) is 33.1 Å². The van der Waals surface area contributed by atoms with Crippen molar-refractivity contribution in [2.24, 2.45) is 0 Å². The van der Waals surface area contributed by atoms with Crippen LogP contribution in [0, 0.1) is 6.92 Å². The highest BCUT2D eigenvalue weighted by Crippen LogP contribution is 2.49. The molecule has 0 unspecified atom stereocenters. The monoisotopic (exact) mass is 480 g/mol. The third-order valence-electron chi connectivity index (χ3n) is 7.62. The third kappa shape index (κ3) is 3.38. The second-order valence-electron chi connectivity index (χ2n) is 11.0. The Morgan fingerprint density at radius 2 is 1.51 bits per heavy atom. The van der Waals surface area contributed by atoms with Gasteiger partial charge in [-0.15, -0.1) is 0 Å². The van der Waals surface area contributed by atoms with Gasteiger partial charge in [0, 0.05) is 45.0 Å². The van der Waals surface area contributed by atoms with Gasteiger partial charge < -0.3 is 9.73 Å². The molecule has 180 valence electrons. The van der Waals surface area contributed by atoms with Crippen molar-refractivity contribution in [1.29, 1.82) is 0 Å². The molecule has 0 spiro atoms. The van der Waals surface area contributed by atoms with Crippen LogP contribution >= 0.6 is 0 Å². The molecular formula is C34H28N2O. The molecule has 1 aliphatic rings. The van der Waals surface area contributed by atoms with Crippen LogP contribution in [-0.2, 0) is 5.41 Å². The molecule has 0 fully saturated rings. The van der Waals surface area contributed by atoms with E-state index in [-0.39, 0.29) is 5.41 Å². The Bertz CT molecular complexity index is 1850. The summed E-state index contributed by atoms with van der Waals surface area (Å²) in [6.45, 7) is 8.96. The fourth-order valence-corrected chi connectivity index (χ4v) is 5.65. The van der Waals surface area contributed by atoms with Gasteiger partial charge in [-0.05, 0) is 77.1 Å². The van der Waals surface area contributed by atoms with Crippen molar-refractivity contribution in [1.82, 2.24) is 4.98 Å². The van der Waals surface area contributed by atoms with Crippen LogP contribution in [-0.4, -0.2) is 4.98 Å². The number of rotatable bonds is 1. The van der Waals surface area contributed by atoms with Gasteiger partial charge in [0.05, 0.1) is 5.69 Å². The Labute approximate surface area is 216 Å². The summed E-state index contributed by atoms with van der Waals surface area (Å²) >= 11 is 0. The second-order valence-corrected chi connectivity index (χ2v) is 11.0. The summed E-state index contributed by atoms with van der Waals surface area (Å²) in [6.07, 6.45) is 1.93. The minimum Gasteiger partial charge on any atom is -0.456 e. The number of fused-ring (bicyclic) bond motifs is 10. The highest BCUT2D eigenvalue weighted by molar-refractivity contribution is 6.17. The maximum Gasteiger partial charge on any atom is 0.136 e. The molecule has 0 atom stereocenters. The van der Waals surface area contributed by atoms with Gasteiger partial charge >= 0.3 is 0 Å². The first-order chi connectivity index (χ1) is 17.9. The Balaban J connectivity index is 1.58. The summed E-state index contributed by atoms with van der Waals surface area (Å²) < 4.78 is 6.43. The molecule has 3 nitrogen and oxygen atoms in total. The topological polar surface area (TPSA) is 38.1 Å². The number of para-hydroxylation sites is 2. The maximum atomic E-state index is 6.43. The molecule has 2 aromatic heterocycles. The van der Waals surface area contributed by atoms with E-state index in [1.54, 1.807) is 0 Å². The van der Waals surface area contributed by atoms with Crippen LogP contribution in [0.3, 0.4) is 0 Å². The lowest BCUT2D eigenvalue weighted by Gasteiger charge is -2.24. The van der Waals surface area contributed by atoms with E-state index in [0.717, 1.165) is 50.1 Å². The fourth-order valence-electron chi connectivity index (χ4n) is 5.65. The predicted molar refractivity (Wildman–Crippen MR) is 155 cm³/mol. The van der Waals surface area contributed by atoms with Crippen molar-refractivity contribution in [3.63, 3.8) is 0 Å². The SMILES string of the molecule is Cc1c2cc3oc4ccccc4c3c1-c1cc(-c3cc(C(C)(C)C)ccn3)ccc1Nc1ccccc1-2. The van der Waals surface area contributed by atoms with E-state index in [9.17, 15) is 0 Å². The number of benzene rings is 4. The van der Waals surface area contributed by atoms with E-state index >= 15 is 0 Å². The molecule has 0 saturated carbocycles. The summed E-state index contributed by atoms with van der Waals surface area (Å²) in [7, 11) is 0. The van der Waals surface area contributed by atoms with Gasteiger partial charge in [-0.1, -0.05) is 63.2 Å². The number of anilines is 2. The molecule has 0 radical (unpaired) electrons. The number of aromatic nitrogens is 1. The van der Waals surface area contributed by atoms with Crippen LogP contribution in [0.1, 0.15) is 31.9 Å². The molecule has 0 amide bonds. The molecule has 4 aromatic carbocycles. The lowest BCUT2D eigenvalue weighted by molar-refractivity contribution is 0.589. The molecule has 0 saturated heterocycles. The average Bonchev–Trinajstić information content (AvgIpc) is 3.27. The molecule has 1 N–H and O–H groups in total. The lowest BCUT2D eigenvalue weighted by atomic mass is 9.85. The van der Waals surface area contributed by atoms with Crippen molar-refractivity contribution in [3.8, 4) is 33.5 Å². The molecule has 37 heavy (non-hydrogen) atoms. The Hall–Kier alpha value is -4.37. The fraction of sp³-hybridized carbons (Fsp3) is 0.147. The molecule has 2 bridgehead atoms. The Kier molecular flexibility index (Phi) is 4.62. The molecule has 0 aliphatic carbocycles. The van der Waals surface area contributed by atoms with Gasteiger partial charge in [0.15, 0.2) is 0 Å². The van der Waals surface area contributed by atoms with Crippen LogP contribution in [0.25, 0.3) is 55.4 Å². The summed E-state index contributed by atoms with van der Waals surface area (Å²) in [5.41, 5.74) is 13.4. The van der Waals surface area contributed by atoms with E-state index < -0.39 is 0 Å². The average molecular weight is 481 g/mol. The maximum absolute atomic E-state index is 6.43. The number of nitrogens with one attached hydrogen (secondary N) is 1. The smallest absolute Gasteiger partial charge is 0.136 e. The van der Waals surface area contributed by atoms with E-state index in [1.165, 1.54) is 27.8 Å². The van der Waals surface area contributed by atoms with E-state index in [0.29, 0.717) is 0 Å². The predicted octanol–water partition coefficient (Wildman–Crippen LogP) is 9.64. The first-order valence-electron chi connectivity index (χ1n) is 12.8. The molecule has 3 heterocycles. The van der Waals surface area contributed by atoms with Crippen LogP contribution < -0.4 is 5.32 Å². The highest BCUT2D eigenvalue weighted by atomic mass is 16.3. The van der Waals surface area contributed by atoms with Crippen LogP contribution in [0.2, 0.25) is 0 Å². The van der Waals surface area contributed by atoms with Crippen molar-refractivity contribution >= 4 is 33.3 Å². The first kappa shape index (κ1) is 21.9. The Morgan fingerprint density at radius 3 is 2.38 bits per heavy atom. The van der Waals surface area contributed by atoms with Crippen LogP contribution in [0.4, 0.5) is 11.4 Å². The number of furan rings is 1. The molecule has 6 aromatic rings. The molecular weight excluding hydrogens is 452 g/mol. The van der Waals surface area contributed by atoms with Crippen molar-refractivity contribution in [3.05, 3.63) is 102 Å². The standard InChI is InChI=1S/C34H28N2O/c1-20-25-19-31-33(24-10-6-8-12-30(24)37-31)32(20)26-17-21(29-18-22(15-16-35-29)34(2,3)4)13-14-28(26)36-27-11-7-5-9-23(25)27/h5-19,36H,1-4H3. The quantitative estimate of drug-likeness (QED) is 0.254. The summed E-state index contributed by atoms with van der Waals surface area (Å²) in [4.78, 5) is 4.77. The van der Waals surface area contributed by atoms with Crippen molar-refractivity contribution in [2.75, 3.05) is 5.32 Å². The summed E-state index contributed by atoms with van der Waals surface area (Å²) in [6, 6.07) is 30.1. The minimum absolute atomic E-state index is 0.0549. The third-order valence-corrected chi connectivity index (χ3v) is 7.62. The van der Waals surface area contributed by atoms with Gasteiger partial charge in [-0.3, -0.25) is 4.98 Å². The number of nitrogens with zero attached hydrogens (tertiary/aromatic N) is 1. The van der Waals surface area contributed by atoms with E-state index in [4.69, 9.17) is 9.40 Å². The normalized spacial score (nSPS) is 12.5.